The number of fused-ring (bicyclic) bond motifs is 1. The van der Waals surface area contributed by atoms with Gasteiger partial charge in [-0.05, 0) is 32.0 Å². The van der Waals surface area contributed by atoms with Gasteiger partial charge in [0, 0.05) is 22.7 Å². The Morgan fingerprint density at radius 3 is 2.76 bits per heavy atom. The first kappa shape index (κ1) is 15.7. The molecule has 0 aliphatic carbocycles. The highest BCUT2D eigenvalue weighted by molar-refractivity contribution is 5.66. The molecule has 25 heavy (non-hydrogen) atoms. The minimum Gasteiger partial charge on any atom is -0.496 e. The summed E-state index contributed by atoms with van der Waals surface area (Å²) in [4.78, 5) is 0. The Kier molecular flexibility index (Phi) is 4.16. The van der Waals surface area contributed by atoms with Crippen molar-refractivity contribution in [3.63, 3.8) is 0 Å². The number of nitrogens with one attached hydrogen (secondary N) is 3. The number of hydrogen-bond donors (Lipinski definition) is 3. The number of H-pyrrole nitrogens is 1. The third-order valence-electron chi connectivity index (χ3n) is 5.14. The number of aromatic amines is 1. The van der Waals surface area contributed by atoms with Crippen molar-refractivity contribution in [2.45, 2.75) is 18.8 Å². The molecule has 3 N–H and O–H groups in total. The molecule has 3 heterocycles. The summed E-state index contributed by atoms with van der Waals surface area (Å²) < 4.78 is 5.57. The van der Waals surface area contributed by atoms with E-state index in [1.807, 2.05) is 24.3 Å². The van der Waals surface area contributed by atoms with Gasteiger partial charge in [0.05, 0.1) is 30.9 Å². The van der Waals surface area contributed by atoms with Crippen LogP contribution >= 0.6 is 0 Å². The number of nitriles is 1. The lowest BCUT2D eigenvalue weighted by atomic mass is 9.79. The summed E-state index contributed by atoms with van der Waals surface area (Å²) >= 11 is 0. The van der Waals surface area contributed by atoms with E-state index in [0.29, 0.717) is 5.92 Å². The summed E-state index contributed by atoms with van der Waals surface area (Å²) in [5, 5.41) is 24.1. The van der Waals surface area contributed by atoms with E-state index < -0.39 is 0 Å². The molecule has 2 aliphatic heterocycles. The topological polar surface area (TPSA) is 85.8 Å². The maximum absolute atomic E-state index is 10.0. The second-order valence-corrected chi connectivity index (χ2v) is 6.46. The first-order valence-corrected chi connectivity index (χ1v) is 8.61. The fraction of sp³-hybridized carbons (Fsp3) is 0.368. The Balaban J connectivity index is 1.87. The SMILES string of the molecule is COc1ccccc1C1C(C#N)=C(C2CCNCC2)Nc2[nH]ncc21. The number of benzene rings is 1. The van der Waals surface area contributed by atoms with Gasteiger partial charge in [-0.15, -0.1) is 0 Å². The normalized spacial score (nSPS) is 20.6. The van der Waals surface area contributed by atoms with Gasteiger partial charge in [-0.3, -0.25) is 5.10 Å². The molecule has 1 fully saturated rings. The number of methoxy groups -OCH3 is 1. The summed E-state index contributed by atoms with van der Waals surface area (Å²) in [5.74, 6) is 1.85. The Morgan fingerprint density at radius 2 is 2.00 bits per heavy atom. The lowest BCUT2D eigenvalue weighted by molar-refractivity contribution is 0.407. The molecule has 0 spiro atoms. The minimum absolute atomic E-state index is 0.166. The molecule has 1 atom stereocenters. The maximum Gasteiger partial charge on any atom is 0.129 e. The van der Waals surface area contributed by atoms with E-state index in [9.17, 15) is 5.26 Å². The number of allylic oxidation sites excluding steroid dienone is 2. The lowest BCUT2D eigenvalue weighted by Crippen LogP contribution is -2.32. The van der Waals surface area contributed by atoms with Crippen LogP contribution in [0.2, 0.25) is 0 Å². The van der Waals surface area contributed by atoms with E-state index in [0.717, 1.165) is 59.9 Å². The Morgan fingerprint density at radius 1 is 1.20 bits per heavy atom. The van der Waals surface area contributed by atoms with Crippen LogP contribution in [0.3, 0.4) is 0 Å². The highest BCUT2D eigenvalue weighted by atomic mass is 16.5. The number of para-hydroxylation sites is 1. The third kappa shape index (κ3) is 2.67. The fourth-order valence-corrected chi connectivity index (χ4v) is 3.91. The second-order valence-electron chi connectivity index (χ2n) is 6.46. The predicted octanol–water partition coefficient (Wildman–Crippen LogP) is 2.75. The van der Waals surface area contributed by atoms with Gasteiger partial charge < -0.3 is 15.4 Å². The zero-order chi connectivity index (χ0) is 17.2. The van der Waals surface area contributed by atoms with Crippen molar-refractivity contribution in [2.24, 2.45) is 5.92 Å². The molecule has 0 amide bonds. The highest BCUT2D eigenvalue weighted by Gasteiger charge is 2.35. The zero-order valence-corrected chi connectivity index (χ0v) is 14.2. The smallest absolute Gasteiger partial charge is 0.129 e. The average molecular weight is 335 g/mol. The van der Waals surface area contributed by atoms with Crippen LogP contribution in [0, 0.1) is 17.2 Å². The lowest BCUT2D eigenvalue weighted by Gasteiger charge is -2.33. The van der Waals surface area contributed by atoms with Gasteiger partial charge >= 0.3 is 0 Å². The summed E-state index contributed by atoms with van der Waals surface area (Å²) in [6.45, 7) is 1.95. The summed E-state index contributed by atoms with van der Waals surface area (Å²) in [5.41, 5.74) is 3.78. The van der Waals surface area contributed by atoms with E-state index in [1.54, 1.807) is 13.3 Å². The molecular weight excluding hydrogens is 314 g/mol. The second kappa shape index (κ2) is 6.61. The molecule has 6 heteroatoms. The number of ether oxygens (including phenoxy) is 1. The fourth-order valence-electron chi connectivity index (χ4n) is 3.91. The largest absolute Gasteiger partial charge is 0.496 e. The summed E-state index contributed by atoms with van der Waals surface area (Å²) in [6.07, 6.45) is 3.85. The van der Waals surface area contributed by atoms with Gasteiger partial charge in [0.25, 0.3) is 0 Å². The van der Waals surface area contributed by atoms with Crippen LogP contribution in [-0.2, 0) is 0 Å². The van der Waals surface area contributed by atoms with Crippen molar-refractivity contribution in [3.8, 4) is 11.8 Å². The van der Waals surface area contributed by atoms with Gasteiger partial charge in [0.1, 0.15) is 11.6 Å². The molecule has 0 bridgehead atoms. The van der Waals surface area contributed by atoms with Crippen molar-refractivity contribution in [3.05, 3.63) is 52.9 Å². The van der Waals surface area contributed by atoms with Gasteiger partial charge in [0.2, 0.25) is 0 Å². The van der Waals surface area contributed by atoms with E-state index in [2.05, 4.69) is 26.9 Å². The molecule has 0 saturated carbocycles. The van der Waals surface area contributed by atoms with Crippen molar-refractivity contribution in [2.75, 3.05) is 25.5 Å². The summed E-state index contributed by atoms with van der Waals surface area (Å²) in [6, 6.07) is 10.4. The van der Waals surface area contributed by atoms with Crippen molar-refractivity contribution < 1.29 is 4.74 Å². The van der Waals surface area contributed by atoms with E-state index in [4.69, 9.17) is 4.74 Å². The molecule has 1 unspecified atom stereocenters. The van der Waals surface area contributed by atoms with E-state index in [-0.39, 0.29) is 5.92 Å². The van der Waals surface area contributed by atoms with Crippen LogP contribution in [0.15, 0.2) is 41.7 Å². The molecule has 2 aliphatic rings. The molecule has 6 nitrogen and oxygen atoms in total. The monoisotopic (exact) mass is 335 g/mol. The van der Waals surface area contributed by atoms with Gasteiger partial charge in [-0.2, -0.15) is 10.4 Å². The van der Waals surface area contributed by atoms with Crippen LogP contribution < -0.4 is 15.4 Å². The van der Waals surface area contributed by atoms with Crippen molar-refractivity contribution in [1.82, 2.24) is 15.5 Å². The first-order chi connectivity index (χ1) is 12.3. The first-order valence-electron chi connectivity index (χ1n) is 8.61. The predicted molar refractivity (Wildman–Crippen MR) is 95.3 cm³/mol. The Bertz CT molecular complexity index is 841. The van der Waals surface area contributed by atoms with Crippen LogP contribution in [-0.4, -0.2) is 30.4 Å². The molecule has 1 aromatic heterocycles. The summed E-state index contributed by atoms with van der Waals surface area (Å²) in [7, 11) is 1.67. The van der Waals surface area contributed by atoms with Crippen molar-refractivity contribution in [1.29, 1.82) is 5.26 Å². The average Bonchev–Trinajstić information content (AvgIpc) is 3.15. The number of nitrogens with zero attached hydrogens (tertiary/aromatic N) is 2. The van der Waals surface area contributed by atoms with Crippen molar-refractivity contribution >= 4 is 5.82 Å². The number of hydrogen-bond acceptors (Lipinski definition) is 5. The van der Waals surface area contributed by atoms with Gasteiger partial charge in [-0.1, -0.05) is 18.2 Å². The van der Waals surface area contributed by atoms with Crippen LogP contribution in [0.4, 0.5) is 5.82 Å². The van der Waals surface area contributed by atoms with E-state index in [1.165, 1.54) is 0 Å². The number of aromatic nitrogens is 2. The molecule has 4 rings (SSSR count). The molecular formula is C19H21N5O. The molecule has 2 aromatic rings. The quantitative estimate of drug-likeness (QED) is 0.803. The van der Waals surface area contributed by atoms with E-state index >= 15 is 0 Å². The van der Waals surface area contributed by atoms with Crippen LogP contribution in [0.5, 0.6) is 5.75 Å². The Labute approximate surface area is 146 Å². The number of anilines is 1. The van der Waals surface area contributed by atoms with Gasteiger partial charge in [-0.25, -0.2) is 0 Å². The minimum atomic E-state index is -0.166. The molecule has 1 saturated heterocycles. The number of rotatable bonds is 3. The third-order valence-corrected chi connectivity index (χ3v) is 5.14. The number of piperidine rings is 1. The standard InChI is InChI=1S/C19H21N5O/c1-25-16-5-3-2-4-13(16)17-14(10-20)18(12-6-8-21-9-7-12)23-19-15(17)11-22-24-19/h2-5,11-12,17,21H,6-9H2,1H3,(H2,22,23,24). The van der Waals surface area contributed by atoms with Crippen LogP contribution in [0.25, 0.3) is 0 Å². The molecule has 0 radical (unpaired) electrons. The van der Waals surface area contributed by atoms with Crippen LogP contribution in [0.1, 0.15) is 29.9 Å². The van der Waals surface area contributed by atoms with Gasteiger partial charge in [0.15, 0.2) is 0 Å². The zero-order valence-electron chi connectivity index (χ0n) is 14.2. The molecule has 128 valence electrons. The maximum atomic E-state index is 10.0. The highest BCUT2D eigenvalue weighted by Crippen LogP contribution is 2.45. The Hall–Kier alpha value is -2.78. The molecule has 1 aromatic carbocycles.